The molecule has 118 valence electrons. The van der Waals surface area contributed by atoms with Crippen molar-refractivity contribution >= 4 is 5.91 Å². The van der Waals surface area contributed by atoms with Crippen molar-refractivity contribution in [2.24, 2.45) is 5.41 Å². The van der Waals surface area contributed by atoms with Crippen molar-refractivity contribution in [3.8, 4) is 11.3 Å². The molecule has 1 aromatic carbocycles. The third-order valence-electron chi connectivity index (χ3n) is 3.57. The highest BCUT2D eigenvalue weighted by Gasteiger charge is 2.27. The molecule has 1 aromatic heterocycles. The van der Waals surface area contributed by atoms with Crippen molar-refractivity contribution in [1.82, 2.24) is 10.5 Å². The van der Waals surface area contributed by atoms with Crippen LogP contribution < -0.4 is 5.32 Å². The first-order chi connectivity index (χ1) is 10.4. The van der Waals surface area contributed by atoms with E-state index in [-0.39, 0.29) is 29.7 Å². The second-order valence-electron chi connectivity index (χ2n) is 6.35. The quantitative estimate of drug-likeness (QED) is 0.890. The third-order valence-corrected chi connectivity index (χ3v) is 3.57. The van der Waals surface area contributed by atoms with Crippen molar-refractivity contribution in [2.45, 2.75) is 33.2 Å². The van der Waals surface area contributed by atoms with Gasteiger partial charge in [-0.25, -0.2) is 0 Å². The first-order valence-corrected chi connectivity index (χ1v) is 7.35. The van der Waals surface area contributed by atoms with Gasteiger partial charge in [0.15, 0.2) is 0 Å². The highest BCUT2D eigenvalue weighted by atomic mass is 16.5. The Morgan fingerprint density at radius 3 is 2.59 bits per heavy atom. The zero-order valence-electron chi connectivity index (χ0n) is 13.2. The summed E-state index contributed by atoms with van der Waals surface area (Å²) >= 11 is 0. The van der Waals surface area contributed by atoms with Crippen LogP contribution in [0, 0.1) is 5.41 Å². The molecule has 0 spiro atoms. The van der Waals surface area contributed by atoms with Gasteiger partial charge >= 0.3 is 0 Å². The Labute approximate surface area is 130 Å². The van der Waals surface area contributed by atoms with Crippen LogP contribution in [0.5, 0.6) is 0 Å². The summed E-state index contributed by atoms with van der Waals surface area (Å²) in [5.41, 5.74) is 1.37. The number of carbonyl (C=O) groups is 1. The van der Waals surface area contributed by atoms with Crippen LogP contribution in [0.3, 0.4) is 0 Å². The number of nitrogens with zero attached hydrogens (tertiary/aromatic N) is 1. The molecule has 1 amide bonds. The van der Waals surface area contributed by atoms with Gasteiger partial charge in [-0.3, -0.25) is 4.79 Å². The summed E-state index contributed by atoms with van der Waals surface area (Å²) in [4.78, 5) is 12.3. The summed E-state index contributed by atoms with van der Waals surface area (Å²) in [5, 5.41) is 16.0. The maximum Gasteiger partial charge on any atom is 0.290 e. The number of aromatic nitrogens is 1. The molecule has 0 fully saturated rings. The van der Waals surface area contributed by atoms with E-state index in [0.29, 0.717) is 12.1 Å². The molecule has 5 nitrogen and oxygen atoms in total. The number of amides is 1. The second-order valence-corrected chi connectivity index (χ2v) is 6.35. The Balaban J connectivity index is 2.12. The topological polar surface area (TPSA) is 75.4 Å². The number of aliphatic hydroxyl groups excluding tert-OH is 1. The minimum atomic E-state index is -0.317. The van der Waals surface area contributed by atoms with Gasteiger partial charge in [-0.05, 0) is 11.8 Å². The molecule has 0 aliphatic heterocycles. The van der Waals surface area contributed by atoms with Crippen molar-refractivity contribution in [2.75, 3.05) is 6.61 Å². The third kappa shape index (κ3) is 3.95. The summed E-state index contributed by atoms with van der Waals surface area (Å²) in [7, 11) is 0. The van der Waals surface area contributed by atoms with Crippen LogP contribution in [-0.4, -0.2) is 28.8 Å². The van der Waals surface area contributed by atoms with E-state index in [1.54, 1.807) is 6.07 Å². The Kier molecular flexibility index (Phi) is 4.98. The fraction of sp³-hybridized carbons (Fsp3) is 0.412. The average Bonchev–Trinajstić information content (AvgIpc) is 2.96. The van der Waals surface area contributed by atoms with E-state index < -0.39 is 0 Å². The summed E-state index contributed by atoms with van der Waals surface area (Å²) < 4.78 is 5.15. The number of hydrogen-bond donors (Lipinski definition) is 2. The molecule has 0 radical (unpaired) electrons. The molecule has 2 rings (SSSR count). The molecule has 0 aliphatic rings. The molecule has 0 saturated heterocycles. The predicted octanol–water partition coefficient (Wildman–Crippen LogP) is 2.87. The van der Waals surface area contributed by atoms with E-state index in [1.807, 2.05) is 51.1 Å². The average molecular weight is 302 g/mol. The van der Waals surface area contributed by atoms with Crippen molar-refractivity contribution < 1.29 is 14.4 Å². The van der Waals surface area contributed by atoms with Gasteiger partial charge in [0.25, 0.3) is 5.91 Å². The van der Waals surface area contributed by atoms with E-state index >= 15 is 0 Å². The van der Waals surface area contributed by atoms with Gasteiger partial charge in [-0.1, -0.05) is 56.3 Å². The first-order valence-electron chi connectivity index (χ1n) is 7.35. The van der Waals surface area contributed by atoms with Crippen molar-refractivity contribution in [3.05, 3.63) is 42.2 Å². The molecular formula is C17H22N2O3. The molecule has 22 heavy (non-hydrogen) atoms. The number of carbonyl (C=O) groups excluding carboxylic acids is 1. The van der Waals surface area contributed by atoms with Gasteiger partial charge in [0.2, 0.25) is 5.76 Å². The lowest BCUT2D eigenvalue weighted by molar-refractivity contribution is 0.0848. The standard InChI is InChI=1S/C17H22N2O3/c1-17(2,3)15(9-10-20)18-16(21)14-11-13(19-22-14)12-7-5-4-6-8-12/h4-8,11,15,20H,9-10H2,1-3H3,(H,18,21). The summed E-state index contributed by atoms with van der Waals surface area (Å²) in [5.74, 6) is -0.144. The lowest BCUT2D eigenvalue weighted by atomic mass is 9.85. The first kappa shape index (κ1) is 16.2. The molecule has 0 saturated carbocycles. The molecule has 2 aromatic rings. The van der Waals surface area contributed by atoms with Crippen molar-refractivity contribution in [1.29, 1.82) is 0 Å². The molecule has 1 atom stereocenters. The zero-order chi connectivity index (χ0) is 16.2. The van der Waals surface area contributed by atoms with Gasteiger partial charge in [-0.15, -0.1) is 0 Å². The maximum absolute atomic E-state index is 12.3. The van der Waals surface area contributed by atoms with Gasteiger partial charge in [0, 0.05) is 24.3 Å². The lowest BCUT2D eigenvalue weighted by Gasteiger charge is -2.30. The van der Waals surface area contributed by atoms with Gasteiger partial charge in [0.05, 0.1) is 0 Å². The minimum Gasteiger partial charge on any atom is -0.396 e. The van der Waals surface area contributed by atoms with Crippen LogP contribution in [0.2, 0.25) is 0 Å². The van der Waals surface area contributed by atoms with Gasteiger partial charge in [0.1, 0.15) is 5.69 Å². The molecule has 5 heteroatoms. The van der Waals surface area contributed by atoms with E-state index in [2.05, 4.69) is 10.5 Å². The number of nitrogens with one attached hydrogen (secondary N) is 1. The largest absolute Gasteiger partial charge is 0.396 e. The Morgan fingerprint density at radius 1 is 1.32 bits per heavy atom. The lowest BCUT2D eigenvalue weighted by Crippen LogP contribution is -2.44. The molecule has 0 aliphatic carbocycles. The van der Waals surface area contributed by atoms with Crippen LogP contribution in [0.4, 0.5) is 0 Å². The highest BCUT2D eigenvalue weighted by molar-refractivity contribution is 5.92. The number of hydrogen-bond acceptors (Lipinski definition) is 4. The SMILES string of the molecule is CC(C)(C)C(CCO)NC(=O)c1cc(-c2ccccc2)no1. The molecular weight excluding hydrogens is 280 g/mol. The Morgan fingerprint density at radius 2 is 2.00 bits per heavy atom. The summed E-state index contributed by atoms with van der Waals surface area (Å²) in [6.07, 6.45) is 0.495. The van der Waals surface area contributed by atoms with Gasteiger partial charge < -0.3 is 14.9 Å². The van der Waals surface area contributed by atoms with Crippen LogP contribution in [0.1, 0.15) is 37.7 Å². The normalized spacial score (nSPS) is 12.9. The molecule has 1 heterocycles. The Hall–Kier alpha value is -2.14. The maximum atomic E-state index is 12.3. The van der Waals surface area contributed by atoms with Crippen molar-refractivity contribution in [3.63, 3.8) is 0 Å². The van der Waals surface area contributed by atoms with E-state index in [0.717, 1.165) is 5.56 Å². The second kappa shape index (κ2) is 6.75. The number of rotatable bonds is 5. The summed E-state index contributed by atoms with van der Waals surface area (Å²) in [6.45, 7) is 6.07. The van der Waals surface area contributed by atoms with Crippen LogP contribution in [0.25, 0.3) is 11.3 Å². The van der Waals surface area contributed by atoms with E-state index in [4.69, 9.17) is 9.63 Å². The van der Waals surface area contributed by atoms with E-state index in [9.17, 15) is 4.79 Å². The fourth-order valence-electron chi connectivity index (χ4n) is 2.21. The predicted molar refractivity (Wildman–Crippen MR) is 84.4 cm³/mol. The highest BCUT2D eigenvalue weighted by Crippen LogP contribution is 2.23. The van der Waals surface area contributed by atoms with Crippen LogP contribution >= 0.6 is 0 Å². The van der Waals surface area contributed by atoms with Crippen LogP contribution in [0.15, 0.2) is 40.9 Å². The van der Waals surface area contributed by atoms with Crippen LogP contribution in [-0.2, 0) is 0 Å². The smallest absolute Gasteiger partial charge is 0.290 e. The minimum absolute atomic E-state index is 0.0217. The monoisotopic (exact) mass is 302 g/mol. The Bertz CT molecular complexity index is 614. The molecule has 1 unspecified atom stereocenters. The number of benzene rings is 1. The summed E-state index contributed by atoms with van der Waals surface area (Å²) in [6, 6.07) is 11.0. The molecule has 0 bridgehead atoms. The fourth-order valence-corrected chi connectivity index (χ4v) is 2.21. The number of aliphatic hydroxyl groups is 1. The molecule has 2 N–H and O–H groups in total. The zero-order valence-corrected chi connectivity index (χ0v) is 13.2. The van der Waals surface area contributed by atoms with E-state index in [1.165, 1.54) is 0 Å². The van der Waals surface area contributed by atoms with Gasteiger partial charge in [-0.2, -0.15) is 0 Å².